The Balaban J connectivity index is 5.37. The minimum atomic E-state index is -1.20. The van der Waals surface area contributed by atoms with Crippen molar-refractivity contribution in [3.63, 3.8) is 0 Å². The highest BCUT2D eigenvalue weighted by Crippen LogP contribution is 2.10. The number of carbonyl (C=O) groups is 5. The number of unbranched alkanes of at least 4 members (excludes halogenated alkanes) is 1. The summed E-state index contributed by atoms with van der Waals surface area (Å²) in [7, 11) is 0. The SMILES string of the molecule is CCC(C)C(NC(=O)C(CCCCN)NC(=O)C(N)CCC(N)=O)C(=O)NC(C)C(=O)O. The molecule has 32 heavy (non-hydrogen) atoms. The van der Waals surface area contributed by atoms with E-state index in [9.17, 15) is 24.0 Å². The first-order valence-electron chi connectivity index (χ1n) is 10.8. The number of nitrogens with two attached hydrogens (primary N) is 3. The highest BCUT2D eigenvalue weighted by molar-refractivity contribution is 5.94. The molecule has 0 saturated heterocycles. The first-order valence-corrected chi connectivity index (χ1v) is 10.8. The molecular weight excluding hydrogens is 420 g/mol. The summed E-state index contributed by atoms with van der Waals surface area (Å²) in [6.45, 7) is 5.30. The summed E-state index contributed by atoms with van der Waals surface area (Å²) in [5, 5.41) is 16.6. The molecule has 184 valence electrons. The zero-order valence-electron chi connectivity index (χ0n) is 19.1. The molecule has 0 fully saturated rings. The Bertz CT molecular complexity index is 658. The van der Waals surface area contributed by atoms with E-state index < -0.39 is 53.8 Å². The van der Waals surface area contributed by atoms with Gasteiger partial charge in [-0.05, 0) is 45.1 Å². The van der Waals surface area contributed by atoms with Gasteiger partial charge in [0.15, 0.2) is 0 Å². The number of nitrogens with one attached hydrogen (secondary N) is 3. The molecule has 0 aromatic heterocycles. The van der Waals surface area contributed by atoms with Crippen molar-refractivity contribution in [2.75, 3.05) is 6.54 Å². The average Bonchev–Trinajstić information content (AvgIpc) is 2.73. The maximum atomic E-state index is 12.9. The Kier molecular flexibility index (Phi) is 13.8. The minimum absolute atomic E-state index is 0.0310. The summed E-state index contributed by atoms with van der Waals surface area (Å²) in [5.41, 5.74) is 16.4. The van der Waals surface area contributed by atoms with Gasteiger partial charge in [-0.3, -0.25) is 24.0 Å². The molecule has 12 heteroatoms. The molecule has 0 bridgehead atoms. The van der Waals surface area contributed by atoms with Crippen LogP contribution in [0.5, 0.6) is 0 Å². The van der Waals surface area contributed by atoms with E-state index in [1.807, 2.05) is 6.92 Å². The van der Waals surface area contributed by atoms with Gasteiger partial charge < -0.3 is 38.3 Å². The van der Waals surface area contributed by atoms with Gasteiger partial charge in [-0.2, -0.15) is 0 Å². The molecule has 0 aromatic rings. The molecule has 5 unspecified atom stereocenters. The van der Waals surface area contributed by atoms with E-state index in [4.69, 9.17) is 22.3 Å². The van der Waals surface area contributed by atoms with Crippen LogP contribution in [0, 0.1) is 5.92 Å². The van der Waals surface area contributed by atoms with Crippen LogP contribution in [0.4, 0.5) is 0 Å². The maximum Gasteiger partial charge on any atom is 0.325 e. The van der Waals surface area contributed by atoms with Crippen LogP contribution in [0.1, 0.15) is 59.3 Å². The van der Waals surface area contributed by atoms with Gasteiger partial charge in [-0.25, -0.2) is 0 Å². The fourth-order valence-corrected chi connectivity index (χ4v) is 2.79. The fraction of sp³-hybridized carbons (Fsp3) is 0.750. The van der Waals surface area contributed by atoms with Crippen molar-refractivity contribution in [3.8, 4) is 0 Å². The molecule has 0 aliphatic rings. The minimum Gasteiger partial charge on any atom is -0.480 e. The van der Waals surface area contributed by atoms with Crippen LogP contribution in [0.15, 0.2) is 0 Å². The van der Waals surface area contributed by atoms with E-state index in [1.165, 1.54) is 6.92 Å². The molecule has 4 amide bonds. The monoisotopic (exact) mass is 458 g/mol. The molecule has 5 atom stereocenters. The molecule has 0 aliphatic heterocycles. The third-order valence-corrected chi connectivity index (χ3v) is 5.14. The highest BCUT2D eigenvalue weighted by atomic mass is 16.4. The Hall–Kier alpha value is -2.73. The molecule has 0 aliphatic carbocycles. The lowest BCUT2D eigenvalue weighted by atomic mass is 9.97. The van der Waals surface area contributed by atoms with Gasteiger partial charge in [0.2, 0.25) is 23.6 Å². The van der Waals surface area contributed by atoms with E-state index in [0.717, 1.165) is 0 Å². The molecule has 0 aromatic carbocycles. The first-order chi connectivity index (χ1) is 14.9. The maximum absolute atomic E-state index is 12.9. The predicted octanol–water partition coefficient (Wildman–Crippen LogP) is -1.69. The molecule has 0 heterocycles. The van der Waals surface area contributed by atoms with Crippen molar-refractivity contribution in [2.24, 2.45) is 23.1 Å². The number of primary amides is 1. The molecule has 12 nitrogen and oxygen atoms in total. The number of carboxylic acid groups (broad SMARTS) is 1. The first kappa shape index (κ1) is 29.3. The van der Waals surface area contributed by atoms with Crippen LogP contribution in [-0.4, -0.2) is 65.4 Å². The summed E-state index contributed by atoms with van der Waals surface area (Å²) in [4.78, 5) is 59.9. The lowest BCUT2D eigenvalue weighted by Crippen LogP contribution is -2.58. The number of rotatable bonds is 16. The van der Waals surface area contributed by atoms with Crippen molar-refractivity contribution in [3.05, 3.63) is 0 Å². The second-order valence-electron chi connectivity index (χ2n) is 7.90. The molecular formula is C20H38N6O6. The lowest BCUT2D eigenvalue weighted by molar-refractivity contribution is -0.142. The second-order valence-corrected chi connectivity index (χ2v) is 7.90. The normalized spacial score (nSPS) is 15.5. The third-order valence-electron chi connectivity index (χ3n) is 5.14. The van der Waals surface area contributed by atoms with Crippen molar-refractivity contribution in [2.45, 2.75) is 83.5 Å². The number of carboxylic acids is 1. The zero-order chi connectivity index (χ0) is 24.8. The number of carbonyl (C=O) groups excluding carboxylic acids is 4. The largest absolute Gasteiger partial charge is 0.480 e. The third kappa shape index (κ3) is 11.0. The van der Waals surface area contributed by atoms with Crippen LogP contribution in [-0.2, 0) is 24.0 Å². The molecule has 0 radical (unpaired) electrons. The number of aliphatic carboxylic acids is 1. The van der Waals surface area contributed by atoms with Crippen molar-refractivity contribution in [1.82, 2.24) is 16.0 Å². The summed E-state index contributed by atoms with van der Waals surface area (Å²) in [6.07, 6.45) is 1.93. The van der Waals surface area contributed by atoms with Crippen LogP contribution in [0.2, 0.25) is 0 Å². The number of hydrogen-bond acceptors (Lipinski definition) is 7. The van der Waals surface area contributed by atoms with E-state index in [-0.39, 0.29) is 25.2 Å². The number of amides is 4. The second kappa shape index (κ2) is 15.1. The van der Waals surface area contributed by atoms with Crippen LogP contribution in [0.25, 0.3) is 0 Å². The van der Waals surface area contributed by atoms with Crippen molar-refractivity contribution in [1.29, 1.82) is 0 Å². The van der Waals surface area contributed by atoms with Crippen LogP contribution >= 0.6 is 0 Å². The Morgan fingerprint density at radius 3 is 2.03 bits per heavy atom. The quantitative estimate of drug-likeness (QED) is 0.132. The molecule has 0 rings (SSSR count). The highest BCUT2D eigenvalue weighted by Gasteiger charge is 2.31. The van der Waals surface area contributed by atoms with Gasteiger partial charge in [0.05, 0.1) is 6.04 Å². The number of hydrogen-bond donors (Lipinski definition) is 7. The van der Waals surface area contributed by atoms with Gasteiger partial charge in [-0.15, -0.1) is 0 Å². The summed E-state index contributed by atoms with van der Waals surface area (Å²) in [6, 6.07) is -4.14. The molecule has 0 saturated carbocycles. The van der Waals surface area contributed by atoms with Crippen molar-refractivity contribution < 1.29 is 29.1 Å². The fourth-order valence-electron chi connectivity index (χ4n) is 2.79. The predicted molar refractivity (Wildman–Crippen MR) is 118 cm³/mol. The lowest BCUT2D eigenvalue weighted by Gasteiger charge is -2.27. The van der Waals surface area contributed by atoms with Crippen LogP contribution in [0.3, 0.4) is 0 Å². The Labute approximate surface area is 188 Å². The molecule has 10 N–H and O–H groups in total. The van der Waals surface area contributed by atoms with Gasteiger partial charge in [0.1, 0.15) is 18.1 Å². The topological polar surface area (TPSA) is 220 Å². The zero-order valence-corrected chi connectivity index (χ0v) is 19.1. The van der Waals surface area contributed by atoms with Gasteiger partial charge in [-0.1, -0.05) is 20.3 Å². The summed E-state index contributed by atoms with van der Waals surface area (Å²) < 4.78 is 0. The summed E-state index contributed by atoms with van der Waals surface area (Å²) >= 11 is 0. The summed E-state index contributed by atoms with van der Waals surface area (Å²) in [5.74, 6) is -3.94. The van der Waals surface area contributed by atoms with E-state index in [2.05, 4.69) is 16.0 Å². The van der Waals surface area contributed by atoms with Gasteiger partial charge in [0, 0.05) is 6.42 Å². The average molecular weight is 459 g/mol. The van der Waals surface area contributed by atoms with Gasteiger partial charge in [0.25, 0.3) is 0 Å². The van der Waals surface area contributed by atoms with E-state index >= 15 is 0 Å². The Morgan fingerprint density at radius 1 is 0.906 bits per heavy atom. The smallest absolute Gasteiger partial charge is 0.325 e. The van der Waals surface area contributed by atoms with E-state index in [0.29, 0.717) is 25.8 Å². The standard InChI is InChI=1S/C20H38N6O6/c1-4-11(2)16(19(30)24-12(3)20(31)32)26-18(29)14(7-5-6-10-21)25-17(28)13(22)8-9-15(23)27/h11-14,16H,4-10,21-22H2,1-3H3,(H2,23,27)(H,24,30)(H,25,28)(H,26,29)(H,31,32). The van der Waals surface area contributed by atoms with Crippen LogP contribution < -0.4 is 33.2 Å². The molecule has 0 spiro atoms. The van der Waals surface area contributed by atoms with Crippen molar-refractivity contribution >= 4 is 29.6 Å². The van der Waals surface area contributed by atoms with Gasteiger partial charge >= 0.3 is 5.97 Å². The van der Waals surface area contributed by atoms with E-state index in [1.54, 1.807) is 6.92 Å². The Morgan fingerprint density at radius 2 is 1.53 bits per heavy atom.